The molecule has 0 fully saturated rings. The number of aliphatic carboxylic acids is 1. The van der Waals surface area contributed by atoms with Crippen LogP contribution in [-0.4, -0.2) is 29.7 Å². The molecule has 1 rings (SSSR count). The standard InChI is InChI=1S/C8H9ClN2O4S/c1-5(8(12)13)16(14,15)11-7-3-2-6(9)4-10-7/h2-5H,1H3,(H,10,11)(H,12,13). The Labute approximate surface area is 97.3 Å². The number of pyridine rings is 1. The average molecular weight is 265 g/mol. The van der Waals surface area contributed by atoms with Gasteiger partial charge in [-0.15, -0.1) is 0 Å². The SMILES string of the molecule is CC(C(=O)O)S(=O)(=O)Nc1ccc(Cl)cn1. The summed E-state index contributed by atoms with van der Waals surface area (Å²) in [5.41, 5.74) is 0. The predicted octanol–water partition coefficient (Wildman–Crippen LogP) is 0.950. The highest BCUT2D eigenvalue weighted by molar-refractivity contribution is 7.94. The molecule has 0 bridgehead atoms. The van der Waals surface area contributed by atoms with Gasteiger partial charge in [0, 0.05) is 6.20 Å². The van der Waals surface area contributed by atoms with E-state index < -0.39 is 21.2 Å². The van der Waals surface area contributed by atoms with Crippen LogP contribution >= 0.6 is 11.6 Å². The molecule has 0 aromatic carbocycles. The third-order valence-electron chi connectivity index (χ3n) is 1.79. The third-order valence-corrected chi connectivity index (χ3v) is 3.64. The summed E-state index contributed by atoms with van der Waals surface area (Å²) in [5, 5.41) is 7.38. The van der Waals surface area contributed by atoms with Crippen molar-refractivity contribution in [1.29, 1.82) is 0 Å². The van der Waals surface area contributed by atoms with E-state index in [0.717, 1.165) is 6.92 Å². The van der Waals surface area contributed by atoms with E-state index in [0.29, 0.717) is 5.02 Å². The maximum Gasteiger partial charge on any atom is 0.323 e. The second-order valence-corrected chi connectivity index (χ2v) is 5.43. The third kappa shape index (κ3) is 3.07. The van der Waals surface area contributed by atoms with Crippen molar-refractivity contribution in [2.45, 2.75) is 12.2 Å². The number of sulfonamides is 1. The fourth-order valence-corrected chi connectivity index (χ4v) is 1.77. The smallest absolute Gasteiger partial charge is 0.323 e. The van der Waals surface area contributed by atoms with E-state index in [1.165, 1.54) is 18.3 Å². The van der Waals surface area contributed by atoms with Gasteiger partial charge in [0.15, 0.2) is 5.25 Å². The number of aromatic nitrogens is 1. The van der Waals surface area contributed by atoms with Crippen LogP contribution in [-0.2, 0) is 14.8 Å². The number of rotatable bonds is 4. The van der Waals surface area contributed by atoms with Crippen molar-refractivity contribution in [1.82, 2.24) is 4.98 Å². The maximum atomic E-state index is 11.5. The van der Waals surface area contributed by atoms with Gasteiger partial charge in [-0.2, -0.15) is 0 Å². The molecule has 1 atom stereocenters. The van der Waals surface area contributed by atoms with Gasteiger partial charge in [0.1, 0.15) is 5.82 Å². The first-order valence-electron chi connectivity index (χ1n) is 4.19. The average Bonchev–Trinajstić information content (AvgIpc) is 2.20. The molecule has 6 nitrogen and oxygen atoms in total. The van der Waals surface area contributed by atoms with E-state index in [9.17, 15) is 13.2 Å². The summed E-state index contributed by atoms with van der Waals surface area (Å²) in [6.07, 6.45) is 1.25. The van der Waals surface area contributed by atoms with E-state index in [1.807, 2.05) is 4.72 Å². The Balaban J connectivity index is 2.89. The van der Waals surface area contributed by atoms with Crippen LogP contribution in [0.1, 0.15) is 6.92 Å². The Bertz CT molecular complexity index is 485. The second-order valence-electron chi connectivity index (χ2n) is 2.99. The number of halogens is 1. The number of anilines is 1. The van der Waals surface area contributed by atoms with E-state index in [4.69, 9.17) is 16.7 Å². The Kier molecular flexibility index (Phi) is 3.71. The molecule has 1 heterocycles. The van der Waals surface area contributed by atoms with Gasteiger partial charge < -0.3 is 5.11 Å². The monoisotopic (exact) mass is 264 g/mol. The fraction of sp³-hybridized carbons (Fsp3) is 0.250. The molecular formula is C8H9ClN2O4S. The van der Waals surface area contributed by atoms with Crippen molar-refractivity contribution >= 4 is 33.4 Å². The van der Waals surface area contributed by atoms with Crippen LogP contribution in [0, 0.1) is 0 Å². The van der Waals surface area contributed by atoms with Gasteiger partial charge >= 0.3 is 5.97 Å². The normalized spacial score (nSPS) is 13.1. The van der Waals surface area contributed by atoms with E-state index in [1.54, 1.807) is 0 Å². The molecule has 0 saturated carbocycles. The predicted molar refractivity (Wildman–Crippen MR) is 58.9 cm³/mol. The van der Waals surface area contributed by atoms with Crippen molar-refractivity contribution in [2.24, 2.45) is 0 Å². The largest absolute Gasteiger partial charge is 0.480 e. The molecule has 1 aromatic heterocycles. The minimum absolute atomic E-state index is 0.0255. The molecule has 0 aliphatic rings. The lowest BCUT2D eigenvalue weighted by atomic mass is 10.5. The van der Waals surface area contributed by atoms with Gasteiger partial charge in [0.2, 0.25) is 10.0 Å². The molecule has 88 valence electrons. The highest BCUT2D eigenvalue weighted by atomic mass is 35.5. The maximum absolute atomic E-state index is 11.5. The molecule has 8 heteroatoms. The van der Waals surface area contributed by atoms with Crippen molar-refractivity contribution in [2.75, 3.05) is 4.72 Å². The number of carboxylic acids is 1. The zero-order valence-corrected chi connectivity index (χ0v) is 9.79. The van der Waals surface area contributed by atoms with Gasteiger partial charge in [0.05, 0.1) is 5.02 Å². The lowest BCUT2D eigenvalue weighted by molar-refractivity contribution is -0.136. The van der Waals surface area contributed by atoms with E-state index in [2.05, 4.69) is 4.98 Å². The Hall–Kier alpha value is -1.34. The van der Waals surface area contributed by atoms with E-state index >= 15 is 0 Å². The highest BCUT2D eigenvalue weighted by Crippen LogP contribution is 2.12. The Morgan fingerprint density at radius 2 is 2.19 bits per heavy atom. The zero-order chi connectivity index (χ0) is 12.3. The molecule has 2 N–H and O–H groups in total. The minimum Gasteiger partial charge on any atom is -0.480 e. The van der Waals surface area contributed by atoms with Gasteiger partial charge in [0.25, 0.3) is 0 Å². The van der Waals surface area contributed by atoms with Crippen LogP contribution in [0.25, 0.3) is 0 Å². The first-order valence-corrected chi connectivity index (χ1v) is 6.11. The number of nitrogens with zero attached hydrogens (tertiary/aromatic N) is 1. The van der Waals surface area contributed by atoms with Crippen LogP contribution in [0.2, 0.25) is 5.02 Å². The minimum atomic E-state index is -3.98. The quantitative estimate of drug-likeness (QED) is 0.844. The van der Waals surface area contributed by atoms with Crippen LogP contribution < -0.4 is 4.72 Å². The molecule has 16 heavy (non-hydrogen) atoms. The molecule has 0 aliphatic carbocycles. The first kappa shape index (κ1) is 12.7. The van der Waals surface area contributed by atoms with Gasteiger partial charge in [-0.25, -0.2) is 13.4 Å². The number of hydrogen-bond acceptors (Lipinski definition) is 4. The zero-order valence-electron chi connectivity index (χ0n) is 8.21. The summed E-state index contributed by atoms with van der Waals surface area (Å²) in [6, 6.07) is 2.78. The van der Waals surface area contributed by atoms with Gasteiger partial charge in [-0.3, -0.25) is 9.52 Å². The van der Waals surface area contributed by atoms with Gasteiger partial charge in [-0.05, 0) is 19.1 Å². The number of carboxylic acid groups (broad SMARTS) is 1. The first-order chi connectivity index (χ1) is 7.33. The lowest BCUT2D eigenvalue weighted by Gasteiger charge is -2.10. The number of hydrogen-bond donors (Lipinski definition) is 2. The summed E-state index contributed by atoms with van der Waals surface area (Å²) >= 11 is 5.56. The molecular weight excluding hydrogens is 256 g/mol. The van der Waals surface area contributed by atoms with Crippen molar-refractivity contribution in [3.63, 3.8) is 0 Å². The molecule has 0 saturated heterocycles. The van der Waals surface area contributed by atoms with Crippen LogP contribution in [0.3, 0.4) is 0 Å². The summed E-state index contributed by atoms with van der Waals surface area (Å²) in [7, 11) is -3.98. The summed E-state index contributed by atoms with van der Waals surface area (Å²) in [4.78, 5) is 14.2. The fourth-order valence-electron chi connectivity index (χ4n) is 0.803. The Morgan fingerprint density at radius 1 is 1.56 bits per heavy atom. The Morgan fingerprint density at radius 3 is 2.62 bits per heavy atom. The highest BCUT2D eigenvalue weighted by Gasteiger charge is 2.27. The molecule has 0 amide bonds. The van der Waals surface area contributed by atoms with Crippen LogP contribution in [0.15, 0.2) is 18.3 Å². The lowest BCUT2D eigenvalue weighted by Crippen LogP contribution is -2.32. The second kappa shape index (κ2) is 4.67. The van der Waals surface area contributed by atoms with Crippen LogP contribution in [0.5, 0.6) is 0 Å². The summed E-state index contributed by atoms with van der Waals surface area (Å²) in [6.45, 7) is 1.07. The van der Waals surface area contributed by atoms with Crippen molar-refractivity contribution in [3.8, 4) is 0 Å². The number of carbonyl (C=O) groups is 1. The topological polar surface area (TPSA) is 96.4 Å². The van der Waals surface area contributed by atoms with Crippen molar-refractivity contribution in [3.05, 3.63) is 23.4 Å². The van der Waals surface area contributed by atoms with E-state index in [-0.39, 0.29) is 5.82 Å². The summed E-state index contributed by atoms with van der Waals surface area (Å²) in [5.74, 6) is -1.40. The van der Waals surface area contributed by atoms with Crippen molar-refractivity contribution < 1.29 is 18.3 Å². The summed E-state index contributed by atoms with van der Waals surface area (Å²) < 4.78 is 25.0. The molecule has 0 radical (unpaired) electrons. The molecule has 1 aromatic rings. The molecule has 0 spiro atoms. The number of nitrogens with one attached hydrogen (secondary N) is 1. The van der Waals surface area contributed by atoms with Gasteiger partial charge in [-0.1, -0.05) is 11.6 Å². The van der Waals surface area contributed by atoms with Crippen LogP contribution in [0.4, 0.5) is 5.82 Å². The molecule has 1 unspecified atom stereocenters. The molecule has 0 aliphatic heterocycles.